The molecule has 0 aromatic rings. The molecule has 4 nitrogen and oxygen atoms in total. The summed E-state index contributed by atoms with van der Waals surface area (Å²) in [5.41, 5.74) is -0.930. The van der Waals surface area contributed by atoms with Crippen molar-refractivity contribution in [2.45, 2.75) is 51.7 Å². The number of aliphatic hydroxyl groups excluding tert-OH is 1. The SMILES string of the molecule is C=CC12CCC(=O)N1C(C(C)(C)C)OC2O. The van der Waals surface area contributed by atoms with Crippen molar-refractivity contribution in [2.24, 2.45) is 5.41 Å². The highest BCUT2D eigenvalue weighted by atomic mass is 16.6. The topological polar surface area (TPSA) is 49.8 Å². The number of hydrogen-bond acceptors (Lipinski definition) is 3. The van der Waals surface area contributed by atoms with E-state index in [9.17, 15) is 9.90 Å². The molecular formula is C12H19NO3. The standard InChI is InChI=1S/C12H19NO3/c1-5-12-7-6-8(14)13(12)9(11(2,3)4)16-10(12)15/h5,9-10,15H,1,6-7H2,2-4H3. The molecule has 2 rings (SSSR count). The van der Waals surface area contributed by atoms with E-state index in [1.165, 1.54) is 0 Å². The average molecular weight is 225 g/mol. The third kappa shape index (κ3) is 1.33. The molecule has 2 heterocycles. The van der Waals surface area contributed by atoms with E-state index in [1.54, 1.807) is 11.0 Å². The molecule has 2 aliphatic rings. The minimum absolute atomic E-state index is 0.0383. The lowest BCUT2D eigenvalue weighted by atomic mass is 9.91. The summed E-state index contributed by atoms with van der Waals surface area (Å²) in [5, 5.41) is 10.0. The van der Waals surface area contributed by atoms with Crippen LogP contribution in [0.15, 0.2) is 12.7 Å². The minimum atomic E-state index is -0.958. The summed E-state index contributed by atoms with van der Waals surface area (Å²) in [5.74, 6) is 0.0383. The third-order valence-electron chi connectivity index (χ3n) is 3.47. The lowest BCUT2D eigenvalue weighted by Gasteiger charge is -2.36. The van der Waals surface area contributed by atoms with E-state index in [0.717, 1.165) is 0 Å². The van der Waals surface area contributed by atoms with Crippen LogP contribution in [0.25, 0.3) is 0 Å². The van der Waals surface area contributed by atoms with E-state index >= 15 is 0 Å². The Morgan fingerprint density at radius 2 is 2.25 bits per heavy atom. The minimum Gasteiger partial charge on any atom is -0.366 e. The first-order valence-electron chi connectivity index (χ1n) is 5.62. The van der Waals surface area contributed by atoms with Gasteiger partial charge in [-0.1, -0.05) is 26.8 Å². The first kappa shape index (κ1) is 11.6. The molecule has 0 radical (unpaired) electrons. The van der Waals surface area contributed by atoms with Crippen molar-refractivity contribution in [3.63, 3.8) is 0 Å². The summed E-state index contributed by atoms with van der Waals surface area (Å²) in [4.78, 5) is 13.6. The Kier molecular flexibility index (Phi) is 2.40. The Balaban J connectivity index is 2.42. The molecule has 1 amide bonds. The first-order valence-corrected chi connectivity index (χ1v) is 5.62. The van der Waals surface area contributed by atoms with Gasteiger partial charge < -0.3 is 14.7 Å². The molecule has 0 bridgehead atoms. The zero-order valence-electron chi connectivity index (χ0n) is 10.1. The van der Waals surface area contributed by atoms with Crippen molar-refractivity contribution in [3.8, 4) is 0 Å². The molecule has 16 heavy (non-hydrogen) atoms. The molecule has 0 aromatic carbocycles. The van der Waals surface area contributed by atoms with Gasteiger partial charge >= 0.3 is 0 Å². The zero-order chi connectivity index (χ0) is 12.1. The second-order valence-corrected chi connectivity index (χ2v) is 5.67. The van der Waals surface area contributed by atoms with Crippen LogP contribution < -0.4 is 0 Å². The van der Waals surface area contributed by atoms with Gasteiger partial charge in [0.25, 0.3) is 0 Å². The lowest BCUT2D eigenvalue weighted by molar-refractivity contribution is -0.153. The van der Waals surface area contributed by atoms with Crippen molar-refractivity contribution < 1.29 is 14.6 Å². The number of nitrogens with zero attached hydrogens (tertiary/aromatic N) is 1. The lowest BCUT2D eigenvalue weighted by Crippen LogP contribution is -2.50. The van der Waals surface area contributed by atoms with Gasteiger partial charge in [0.2, 0.25) is 5.91 Å². The molecule has 3 unspecified atom stereocenters. The number of fused-ring (bicyclic) bond motifs is 1. The van der Waals surface area contributed by atoms with E-state index in [4.69, 9.17) is 4.74 Å². The quantitative estimate of drug-likeness (QED) is 0.683. The van der Waals surface area contributed by atoms with E-state index < -0.39 is 11.8 Å². The first-order chi connectivity index (χ1) is 7.33. The molecule has 0 aromatic heterocycles. The largest absolute Gasteiger partial charge is 0.366 e. The number of ether oxygens (including phenoxy) is 1. The Labute approximate surface area is 95.9 Å². The van der Waals surface area contributed by atoms with Gasteiger partial charge in [-0.25, -0.2) is 0 Å². The fourth-order valence-corrected chi connectivity index (χ4v) is 2.57. The Morgan fingerprint density at radius 1 is 1.62 bits per heavy atom. The molecule has 2 fully saturated rings. The highest BCUT2D eigenvalue weighted by molar-refractivity contribution is 5.81. The number of hydrogen-bond donors (Lipinski definition) is 1. The van der Waals surface area contributed by atoms with Gasteiger partial charge in [0.15, 0.2) is 6.29 Å². The summed E-state index contributed by atoms with van der Waals surface area (Å²) in [6.45, 7) is 9.73. The summed E-state index contributed by atoms with van der Waals surface area (Å²) in [6, 6.07) is 0. The van der Waals surface area contributed by atoms with Crippen LogP contribution in [0.4, 0.5) is 0 Å². The van der Waals surface area contributed by atoms with Crippen LogP contribution in [0.3, 0.4) is 0 Å². The van der Waals surface area contributed by atoms with Gasteiger partial charge in [0, 0.05) is 11.8 Å². The van der Waals surface area contributed by atoms with E-state index in [-0.39, 0.29) is 17.6 Å². The van der Waals surface area contributed by atoms with E-state index in [0.29, 0.717) is 12.8 Å². The zero-order valence-corrected chi connectivity index (χ0v) is 10.1. The van der Waals surface area contributed by atoms with Gasteiger partial charge in [0.05, 0.1) is 0 Å². The number of rotatable bonds is 1. The molecule has 1 N–H and O–H groups in total. The van der Waals surface area contributed by atoms with Crippen molar-refractivity contribution in [2.75, 3.05) is 0 Å². The Morgan fingerprint density at radius 3 is 2.75 bits per heavy atom. The van der Waals surface area contributed by atoms with Gasteiger partial charge in [-0.05, 0) is 6.42 Å². The summed E-state index contributed by atoms with van der Waals surface area (Å²) in [6.07, 6.45) is 1.35. The maximum Gasteiger partial charge on any atom is 0.225 e. The number of aliphatic hydroxyl groups is 1. The smallest absolute Gasteiger partial charge is 0.225 e. The molecule has 4 heteroatoms. The average Bonchev–Trinajstić information content (AvgIpc) is 2.65. The second-order valence-electron chi connectivity index (χ2n) is 5.67. The number of amides is 1. The van der Waals surface area contributed by atoms with Crippen molar-refractivity contribution >= 4 is 5.91 Å². The predicted octanol–water partition coefficient (Wildman–Crippen LogP) is 1.25. The van der Waals surface area contributed by atoms with Crippen LogP contribution in [0.1, 0.15) is 33.6 Å². The molecular weight excluding hydrogens is 206 g/mol. The van der Waals surface area contributed by atoms with Crippen LogP contribution in [0, 0.1) is 5.41 Å². The predicted molar refractivity (Wildman–Crippen MR) is 59.3 cm³/mol. The van der Waals surface area contributed by atoms with Crippen molar-refractivity contribution in [3.05, 3.63) is 12.7 Å². The van der Waals surface area contributed by atoms with Gasteiger partial charge in [-0.15, -0.1) is 6.58 Å². The fraction of sp³-hybridized carbons (Fsp3) is 0.750. The van der Waals surface area contributed by atoms with Crippen LogP contribution in [0.5, 0.6) is 0 Å². The van der Waals surface area contributed by atoms with Gasteiger partial charge in [0.1, 0.15) is 11.8 Å². The summed E-state index contributed by atoms with van der Waals surface area (Å²) < 4.78 is 5.55. The normalized spacial score (nSPS) is 39.0. The van der Waals surface area contributed by atoms with E-state index in [2.05, 4.69) is 6.58 Å². The maximum atomic E-state index is 11.9. The van der Waals surface area contributed by atoms with Gasteiger partial charge in [-0.3, -0.25) is 4.79 Å². The van der Waals surface area contributed by atoms with Crippen LogP contribution >= 0.6 is 0 Å². The summed E-state index contributed by atoms with van der Waals surface area (Å²) in [7, 11) is 0. The van der Waals surface area contributed by atoms with Crippen molar-refractivity contribution in [1.82, 2.24) is 4.90 Å². The molecule has 2 saturated heterocycles. The van der Waals surface area contributed by atoms with Crippen LogP contribution in [-0.2, 0) is 9.53 Å². The summed E-state index contributed by atoms with van der Waals surface area (Å²) >= 11 is 0. The Bertz CT molecular complexity index is 334. The second kappa shape index (κ2) is 3.31. The van der Waals surface area contributed by atoms with Crippen LogP contribution in [0.2, 0.25) is 0 Å². The van der Waals surface area contributed by atoms with Gasteiger partial charge in [-0.2, -0.15) is 0 Å². The molecule has 0 spiro atoms. The fourth-order valence-electron chi connectivity index (χ4n) is 2.57. The molecule has 0 aliphatic carbocycles. The molecule has 0 saturated carbocycles. The number of carbonyl (C=O) groups is 1. The molecule has 2 aliphatic heterocycles. The maximum absolute atomic E-state index is 11.9. The van der Waals surface area contributed by atoms with E-state index in [1.807, 2.05) is 20.8 Å². The third-order valence-corrected chi connectivity index (χ3v) is 3.47. The Hall–Kier alpha value is -0.870. The highest BCUT2D eigenvalue weighted by Gasteiger charge is 2.60. The highest BCUT2D eigenvalue weighted by Crippen LogP contribution is 2.47. The molecule has 90 valence electrons. The van der Waals surface area contributed by atoms with Crippen molar-refractivity contribution in [1.29, 1.82) is 0 Å². The number of carbonyl (C=O) groups excluding carboxylic acids is 1. The monoisotopic (exact) mass is 225 g/mol. The van der Waals surface area contributed by atoms with Crippen LogP contribution in [-0.4, -0.2) is 34.0 Å². The molecule has 3 atom stereocenters.